The van der Waals surface area contributed by atoms with E-state index in [-0.39, 0.29) is 11.9 Å². The number of aromatic amines is 1. The summed E-state index contributed by atoms with van der Waals surface area (Å²) < 4.78 is 0. The second-order valence-electron chi connectivity index (χ2n) is 5.99. The highest BCUT2D eigenvalue weighted by Crippen LogP contribution is 2.37. The Balaban J connectivity index is 1.75. The largest absolute Gasteiger partial charge is 0.332 e. The lowest BCUT2D eigenvalue weighted by molar-refractivity contribution is 0.0663. The van der Waals surface area contributed by atoms with Gasteiger partial charge in [-0.25, -0.2) is 4.98 Å². The maximum Gasteiger partial charge on any atom is 0.293 e. The Bertz CT molecular complexity index is 482. The van der Waals surface area contributed by atoms with Crippen molar-refractivity contribution in [2.24, 2.45) is 0 Å². The molecule has 2 heterocycles. The quantitative estimate of drug-likeness (QED) is 0.902. The van der Waals surface area contributed by atoms with Gasteiger partial charge in [-0.3, -0.25) is 9.89 Å². The Morgan fingerprint density at radius 2 is 2.20 bits per heavy atom. The fourth-order valence-electron chi connectivity index (χ4n) is 2.90. The van der Waals surface area contributed by atoms with Crippen molar-refractivity contribution in [3.63, 3.8) is 0 Å². The maximum atomic E-state index is 12.6. The fraction of sp³-hybridized carbons (Fsp3) is 0.786. The molecular weight excluding hydrogens is 254 g/mol. The van der Waals surface area contributed by atoms with Crippen molar-refractivity contribution in [2.45, 2.75) is 44.6 Å². The average Bonchev–Trinajstić information content (AvgIpc) is 3.21. The van der Waals surface area contributed by atoms with Crippen LogP contribution in [-0.4, -0.2) is 63.6 Å². The molecule has 20 heavy (non-hydrogen) atoms. The van der Waals surface area contributed by atoms with Crippen LogP contribution >= 0.6 is 0 Å². The SMILES string of the molecule is CCC1CN(C)CCCN1C(=O)c1n[nH]c(C2CC2)n1. The number of H-pyrrole nitrogens is 1. The van der Waals surface area contributed by atoms with Gasteiger partial charge in [0.2, 0.25) is 5.82 Å². The standard InChI is InChI=1S/C14H23N5O/c1-3-11-9-18(2)7-4-8-19(11)14(20)13-15-12(16-17-13)10-5-6-10/h10-11H,3-9H2,1-2H3,(H,15,16,17). The lowest BCUT2D eigenvalue weighted by Gasteiger charge is -2.29. The number of carbonyl (C=O) groups is 1. The van der Waals surface area contributed by atoms with E-state index in [2.05, 4.69) is 34.1 Å². The van der Waals surface area contributed by atoms with Crippen molar-refractivity contribution in [3.8, 4) is 0 Å². The summed E-state index contributed by atoms with van der Waals surface area (Å²) in [5.74, 6) is 1.71. The topological polar surface area (TPSA) is 65.1 Å². The summed E-state index contributed by atoms with van der Waals surface area (Å²) >= 11 is 0. The minimum atomic E-state index is -0.0182. The second kappa shape index (κ2) is 5.52. The zero-order valence-corrected chi connectivity index (χ0v) is 12.3. The molecule has 0 radical (unpaired) electrons. The van der Waals surface area contributed by atoms with Crippen LogP contribution in [0.2, 0.25) is 0 Å². The van der Waals surface area contributed by atoms with Gasteiger partial charge in [-0.15, -0.1) is 5.10 Å². The van der Waals surface area contributed by atoms with Gasteiger partial charge < -0.3 is 9.80 Å². The van der Waals surface area contributed by atoms with E-state index in [9.17, 15) is 4.79 Å². The van der Waals surface area contributed by atoms with Crippen molar-refractivity contribution < 1.29 is 4.79 Å². The molecule has 1 atom stereocenters. The van der Waals surface area contributed by atoms with Crippen LogP contribution in [0.4, 0.5) is 0 Å². The molecule has 1 aliphatic carbocycles. The number of amides is 1. The highest BCUT2D eigenvalue weighted by molar-refractivity contribution is 5.90. The smallest absolute Gasteiger partial charge is 0.293 e. The summed E-state index contributed by atoms with van der Waals surface area (Å²) in [5.41, 5.74) is 0. The Labute approximate surface area is 119 Å². The predicted octanol–water partition coefficient (Wildman–Crippen LogP) is 1.24. The van der Waals surface area contributed by atoms with Crippen LogP contribution in [0.3, 0.4) is 0 Å². The van der Waals surface area contributed by atoms with Gasteiger partial charge in [-0.05, 0) is 39.3 Å². The third-order valence-corrected chi connectivity index (χ3v) is 4.29. The normalized spacial score (nSPS) is 24.7. The highest BCUT2D eigenvalue weighted by Gasteiger charge is 2.32. The van der Waals surface area contributed by atoms with E-state index in [1.54, 1.807) is 0 Å². The van der Waals surface area contributed by atoms with Gasteiger partial charge in [-0.2, -0.15) is 0 Å². The van der Waals surface area contributed by atoms with Crippen molar-refractivity contribution >= 4 is 5.91 Å². The van der Waals surface area contributed by atoms with Crippen LogP contribution in [0.5, 0.6) is 0 Å². The van der Waals surface area contributed by atoms with Crippen LogP contribution in [0.25, 0.3) is 0 Å². The number of rotatable bonds is 3. The minimum absolute atomic E-state index is 0.0182. The Morgan fingerprint density at radius 1 is 1.40 bits per heavy atom. The first-order valence-electron chi connectivity index (χ1n) is 7.61. The molecule has 1 saturated heterocycles. The molecule has 1 unspecified atom stereocenters. The molecule has 0 spiro atoms. The summed E-state index contributed by atoms with van der Waals surface area (Å²) in [6.07, 6.45) is 4.30. The van der Waals surface area contributed by atoms with Gasteiger partial charge in [0.15, 0.2) is 0 Å². The summed E-state index contributed by atoms with van der Waals surface area (Å²) in [4.78, 5) is 21.3. The first-order chi connectivity index (χ1) is 9.69. The monoisotopic (exact) mass is 277 g/mol. The average molecular weight is 277 g/mol. The zero-order valence-electron chi connectivity index (χ0n) is 12.3. The number of carbonyl (C=O) groups excluding carboxylic acids is 1. The van der Waals surface area contributed by atoms with Gasteiger partial charge in [0.1, 0.15) is 5.82 Å². The molecule has 1 aromatic rings. The molecular formula is C14H23N5O. The molecule has 1 saturated carbocycles. The van der Waals surface area contributed by atoms with Crippen LogP contribution in [0.1, 0.15) is 55.0 Å². The van der Waals surface area contributed by atoms with Gasteiger partial charge in [0, 0.05) is 25.0 Å². The third-order valence-electron chi connectivity index (χ3n) is 4.29. The second-order valence-corrected chi connectivity index (χ2v) is 5.99. The number of aromatic nitrogens is 3. The van der Waals surface area contributed by atoms with Gasteiger partial charge in [0.05, 0.1) is 0 Å². The van der Waals surface area contributed by atoms with Gasteiger partial charge in [-0.1, -0.05) is 6.92 Å². The Hall–Kier alpha value is -1.43. The van der Waals surface area contributed by atoms with E-state index in [1.165, 1.54) is 0 Å². The molecule has 0 aromatic carbocycles. The Morgan fingerprint density at radius 3 is 2.90 bits per heavy atom. The van der Waals surface area contributed by atoms with Crippen molar-refractivity contribution in [2.75, 3.05) is 26.7 Å². The molecule has 6 heteroatoms. The lowest BCUT2D eigenvalue weighted by Crippen LogP contribution is -2.43. The van der Waals surface area contributed by atoms with Crippen molar-refractivity contribution in [1.82, 2.24) is 25.0 Å². The van der Waals surface area contributed by atoms with E-state index in [4.69, 9.17) is 0 Å². The van der Waals surface area contributed by atoms with Crippen molar-refractivity contribution in [3.05, 3.63) is 11.6 Å². The fourth-order valence-corrected chi connectivity index (χ4v) is 2.90. The molecule has 1 amide bonds. The molecule has 0 bridgehead atoms. The van der Waals surface area contributed by atoms with E-state index in [0.717, 1.165) is 51.1 Å². The first-order valence-corrected chi connectivity index (χ1v) is 7.61. The number of hydrogen-bond acceptors (Lipinski definition) is 4. The molecule has 6 nitrogen and oxygen atoms in total. The van der Waals surface area contributed by atoms with Crippen LogP contribution in [-0.2, 0) is 0 Å². The van der Waals surface area contributed by atoms with Crippen molar-refractivity contribution in [1.29, 1.82) is 0 Å². The summed E-state index contributed by atoms with van der Waals surface area (Å²) in [7, 11) is 2.12. The van der Waals surface area contributed by atoms with E-state index >= 15 is 0 Å². The highest BCUT2D eigenvalue weighted by atomic mass is 16.2. The summed E-state index contributed by atoms with van der Waals surface area (Å²) in [6.45, 7) is 4.91. The lowest BCUT2D eigenvalue weighted by atomic mass is 10.2. The summed E-state index contributed by atoms with van der Waals surface area (Å²) in [5, 5.41) is 7.06. The maximum absolute atomic E-state index is 12.6. The molecule has 2 aliphatic rings. The number of nitrogens with one attached hydrogen (secondary N) is 1. The van der Waals surface area contributed by atoms with E-state index in [1.807, 2.05) is 4.90 Å². The molecule has 3 rings (SSSR count). The number of hydrogen-bond donors (Lipinski definition) is 1. The molecule has 110 valence electrons. The molecule has 2 fully saturated rings. The Kier molecular flexibility index (Phi) is 3.74. The molecule has 1 aromatic heterocycles. The van der Waals surface area contributed by atoms with Crippen LogP contribution < -0.4 is 0 Å². The molecule has 1 N–H and O–H groups in total. The van der Waals surface area contributed by atoms with Gasteiger partial charge in [0.25, 0.3) is 5.91 Å². The van der Waals surface area contributed by atoms with Gasteiger partial charge >= 0.3 is 0 Å². The number of nitrogens with zero attached hydrogens (tertiary/aromatic N) is 4. The summed E-state index contributed by atoms with van der Waals surface area (Å²) in [6, 6.07) is 0.262. The van der Waals surface area contributed by atoms with E-state index in [0.29, 0.717) is 11.7 Å². The van der Waals surface area contributed by atoms with Crippen LogP contribution in [0.15, 0.2) is 0 Å². The number of likely N-dealkylation sites (N-methyl/N-ethyl adjacent to an activating group) is 1. The molecule has 1 aliphatic heterocycles. The van der Waals surface area contributed by atoms with E-state index < -0.39 is 0 Å². The third kappa shape index (κ3) is 2.70. The van der Waals surface area contributed by atoms with Crippen LogP contribution in [0, 0.1) is 0 Å². The minimum Gasteiger partial charge on any atom is -0.332 e. The zero-order chi connectivity index (χ0) is 14.1. The first kappa shape index (κ1) is 13.5. The predicted molar refractivity (Wildman–Crippen MR) is 75.6 cm³/mol.